The van der Waals surface area contributed by atoms with Gasteiger partial charge in [-0.3, -0.25) is 9.52 Å². The number of anilines is 3. The van der Waals surface area contributed by atoms with E-state index in [1.165, 1.54) is 12.1 Å². The lowest BCUT2D eigenvalue weighted by molar-refractivity contribution is 0.100. The zero-order valence-corrected chi connectivity index (χ0v) is 22.8. The van der Waals surface area contributed by atoms with Crippen molar-refractivity contribution in [1.82, 2.24) is 9.71 Å². The van der Waals surface area contributed by atoms with Gasteiger partial charge in [-0.2, -0.15) is 13.1 Å². The van der Waals surface area contributed by atoms with E-state index in [1.54, 1.807) is 6.92 Å². The molecule has 5 N–H and O–H groups in total. The number of hydrogen-bond acceptors (Lipinski definition) is 5. The van der Waals surface area contributed by atoms with Crippen molar-refractivity contribution in [2.24, 2.45) is 5.73 Å². The Hall–Kier alpha value is -2.98. The first-order chi connectivity index (χ1) is 17.8. The summed E-state index contributed by atoms with van der Waals surface area (Å²) < 4.78 is 89.6. The highest BCUT2D eigenvalue weighted by Gasteiger charge is 2.36. The Labute approximate surface area is 229 Å². The minimum absolute atomic E-state index is 0.222. The molecule has 0 aliphatic heterocycles. The molecular weight excluding hydrogens is 641 g/mol. The summed E-state index contributed by atoms with van der Waals surface area (Å²) in [7, 11) is -4.18. The summed E-state index contributed by atoms with van der Waals surface area (Å²) in [5, 5.41) is 2.36. The van der Waals surface area contributed by atoms with E-state index >= 15 is 13.2 Å². The SMILES string of the molecule is CC1(NS(=O)(=O)Nc2nccc(Cc3cc(C(N)=O)c(Nc4ccc(I)cc4F)c(F)c3F)c2F)CCC1. The third-order valence-electron chi connectivity index (χ3n) is 6.16. The number of nitrogens with two attached hydrogens (primary N) is 1. The molecule has 1 fully saturated rings. The number of benzene rings is 2. The van der Waals surface area contributed by atoms with Crippen LogP contribution in [0.25, 0.3) is 0 Å². The first kappa shape index (κ1) is 28.0. The van der Waals surface area contributed by atoms with E-state index in [0.29, 0.717) is 16.4 Å². The van der Waals surface area contributed by atoms with Crippen LogP contribution in [0.15, 0.2) is 36.5 Å². The highest BCUT2D eigenvalue weighted by Crippen LogP contribution is 2.33. The topological polar surface area (TPSA) is 126 Å². The predicted octanol–water partition coefficient (Wildman–Crippen LogP) is 4.86. The van der Waals surface area contributed by atoms with Gasteiger partial charge in [0, 0.05) is 21.7 Å². The summed E-state index contributed by atoms with van der Waals surface area (Å²) in [6.45, 7) is 1.72. The van der Waals surface area contributed by atoms with Gasteiger partial charge in [0.1, 0.15) is 5.82 Å². The van der Waals surface area contributed by atoms with Gasteiger partial charge in [0.25, 0.3) is 5.91 Å². The first-order valence-electron chi connectivity index (χ1n) is 11.3. The Bertz CT molecular complexity index is 1530. The molecule has 1 aliphatic carbocycles. The quantitative estimate of drug-likeness (QED) is 0.192. The van der Waals surface area contributed by atoms with Crippen LogP contribution < -0.4 is 20.5 Å². The van der Waals surface area contributed by atoms with Crippen molar-refractivity contribution >= 4 is 55.9 Å². The maximum atomic E-state index is 15.2. The minimum Gasteiger partial charge on any atom is -0.366 e. The number of nitrogens with one attached hydrogen (secondary N) is 3. The van der Waals surface area contributed by atoms with E-state index in [9.17, 15) is 17.6 Å². The fourth-order valence-corrected chi connectivity index (χ4v) is 5.79. The highest BCUT2D eigenvalue weighted by atomic mass is 127. The average molecular weight is 663 g/mol. The Balaban J connectivity index is 1.65. The average Bonchev–Trinajstić information content (AvgIpc) is 2.81. The van der Waals surface area contributed by atoms with Crippen molar-refractivity contribution in [3.8, 4) is 0 Å². The molecule has 1 heterocycles. The molecule has 202 valence electrons. The molecule has 0 bridgehead atoms. The predicted molar refractivity (Wildman–Crippen MR) is 142 cm³/mol. The van der Waals surface area contributed by atoms with Gasteiger partial charge in [-0.05, 0) is 90.2 Å². The molecule has 8 nitrogen and oxygen atoms in total. The molecule has 1 saturated carbocycles. The van der Waals surface area contributed by atoms with E-state index in [1.807, 2.05) is 27.3 Å². The Morgan fingerprint density at radius 3 is 2.39 bits per heavy atom. The molecule has 0 unspecified atom stereocenters. The van der Waals surface area contributed by atoms with Gasteiger partial charge in [0.15, 0.2) is 23.3 Å². The fourth-order valence-electron chi connectivity index (χ4n) is 4.03. The monoisotopic (exact) mass is 663 g/mol. The summed E-state index contributed by atoms with van der Waals surface area (Å²) in [6, 6.07) is 6.02. The summed E-state index contributed by atoms with van der Waals surface area (Å²) in [6.07, 6.45) is 2.62. The van der Waals surface area contributed by atoms with Crippen molar-refractivity contribution in [3.05, 3.63) is 80.1 Å². The lowest BCUT2D eigenvalue weighted by Crippen LogP contribution is -2.52. The van der Waals surface area contributed by atoms with Gasteiger partial charge < -0.3 is 11.1 Å². The van der Waals surface area contributed by atoms with E-state index in [2.05, 4.69) is 15.0 Å². The number of rotatable bonds is 9. The Morgan fingerprint density at radius 1 is 1.08 bits per heavy atom. The number of carbonyl (C=O) groups excluding carboxylic acids is 1. The minimum atomic E-state index is -4.18. The number of nitrogens with zero attached hydrogens (tertiary/aromatic N) is 1. The third-order valence-corrected chi connectivity index (χ3v) is 8.05. The largest absolute Gasteiger partial charge is 0.366 e. The zero-order chi connectivity index (χ0) is 27.8. The summed E-state index contributed by atoms with van der Waals surface area (Å²) >= 11 is 1.87. The number of amides is 1. The van der Waals surface area contributed by atoms with Crippen LogP contribution in [0, 0.1) is 26.8 Å². The number of halogens is 5. The van der Waals surface area contributed by atoms with Gasteiger partial charge in [-0.1, -0.05) is 0 Å². The van der Waals surface area contributed by atoms with Crippen molar-refractivity contribution in [1.29, 1.82) is 0 Å². The lowest BCUT2D eigenvalue weighted by atomic mass is 9.80. The fraction of sp³-hybridized carbons (Fsp3) is 0.250. The second kappa shape index (κ2) is 10.6. The number of primary amides is 1. The molecule has 3 aromatic rings. The summed E-state index contributed by atoms with van der Waals surface area (Å²) in [5.41, 5.74) is 2.65. The van der Waals surface area contributed by atoms with E-state index < -0.39 is 74.0 Å². The maximum absolute atomic E-state index is 15.2. The van der Waals surface area contributed by atoms with Crippen molar-refractivity contribution < 1.29 is 30.8 Å². The molecule has 14 heteroatoms. The van der Waals surface area contributed by atoms with Gasteiger partial charge >= 0.3 is 10.2 Å². The molecule has 0 saturated heterocycles. The standard InChI is InChI=1S/C24H22F4IN5O3S/c1-24(6-2-7-24)34-38(36,37)33-23-19(27)12(5-8-31-23)9-13-10-15(22(30)35)21(20(28)18(13)26)32-17-4-3-14(29)11-16(17)25/h3-5,8,10-11,32,34H,2,6-7,9H2,1H3,(H2,30,35)(H,31,33). The molecule has 1 amide bonds. The molecule has 38 heavy (non-hydrogen) atoms. The van der Waals surface area contributed by atoms with Gasteiger partial charge in [0.05, 0.1) is 16.9 Å². The zero-order valence-electron chi connectivity index (χ0n) is 19.8. The van der Waals surface area contributed by atoms with E-state index in [-0.39, 0.29) is 11.3 Å². The van der Waals surface area contributed by atoms with E-state index in [4.69, 9.17) is 5.73 Å². The molecule has 0 atom stereocenters. The lowest BCUT2D eigenvalue weighted by Gasteiger charge is -2.38. The summed E-state index contributed by atoms with van der Waals surface area (Å²) in [5.74, 6) is -6.62. The van der Waals surface area contributed by atoms with Crippen LogP contribution in [0.3, 0.4) is 0 Å². The highest BCUT2D eigenvalue weighted by molar-refractivity contribution is 14.1. The Kier molecular flexibility index (Phi) is 7.86. The number of aromatic nitrogens is 1. The molecular formula is C24H22F4IN5O3S. The molecule has 0 radical (unpaired) electrons. The Morgan fingerprint density at radius 2 is 1.79 bits per heavy atom. The smallest absolute Gasteiger partial charge is 0.300 e. The van der Waals surface area contributed by atoms with Crippen molar-refractivity contribution in [2.45, 2.75) is 38.1 Å². The van der Waals surface area contributed by atoms with Crippen LogP contribution in [-0.2, 0) is 16.6 Å². The normalized spacial score (nSPS) is 14.6. The third kappa shape index (κ3) is 6.02. The number of pyridine rings is 1. The second-order valence-electron chi connectivity index (χ2n) is 9.13. The maximum Gasteiger partial charge on any atom is 0.300 e. The van der Waals surface area contributed by atoms with Gasteiger partial charge in [0.2, 0.25) is 0 Å². The van der Waals surface area contributed by atoms with Crippen molar-refractivity contribution in [2.75, 3.05) is 10.0 Å². The number of carbonyl (C=O) groups is 1. The molecule has 2 aromatic carbocycles. The second-order valence-corrected chi connectivity index (χ2v) is 11.8. The molecule has 0 spiro atoms. The molecule has 1 aliphatic rings. The van der Waals surface area contributed by atoms with Crippen LogP contribution >= 0.6 is 22.6 Å². The van der Waals surface area contributed by atoms with Crippen LogP contribution in [0.1, 0.15) is 47.7 Å². The first-order valence-corrected chi connectivity index (χ1v) is 13.8. The van der Waals surface area contributed by atoms with Gasteiger partial charge in [-0.25, -0.2) is 22.5 Å². The van der Waals surface area contributed by atoms with Crippen LogP contribution in [0.5, 0.6) is 0 Å². The molecule has 4 rings (SSSR count). The number of hydrogen-bond donors (Lipinski definition) is 4. The molecule has 1 aromatic heterocycles. The van der Waals surface area contributed by atoms with Crippen LogP contribution in [0.4, 0.5) is 34.8 Å². The van der Waals surface area contributed by atoms with Crippen LogP contribution in [-0.4, -0.2) is 24.8 Å². The van der Waals surface area contributed by atoms with Crippen LogP contribution in [0.2, 0.25) is 0 Å². The van der Waals surface area contributed by atoms with Gasteiger partial charge in [-0.15, -0.1) is 0 Å². The summed E-state index contributed by atoms with van der Waals surface area (Å²) in [4.78, 5) is 15.8. The van der Waals surface area contributed by atoms with E-state index in [0.717, 1.165) is 30.8 Å². The van der Waals surface area contributed by atoms with Crippen molar-refractivity contribution in [3.63, 3.8) is 0 Å².